The number of alkyl halides is 1. The molecule has 18 heavy (non-hydrogen) atoms. The number of thiazole rings is 1. The second kappa shape index (κ2) is 5.15. The van der Waals surface area contributed by atoms with Crippen LogP contribution in [-0.2, 0) is 0 Å². The summed E-state index contributed by atoms with van der Waals surface area (Å²) in [4.78, 5) is 20.8. The standard InChI is InChI=1S/C12H16ClN3OS/c13-6-11(17)10-8-18-12(14-10)16-5-4-15-3-1-2-9(15)7-16/h8-9H,1-7H2. The summed E-state index contributed by atoms with van der Waals surface area (Å²) in [5.74, 6) is -0.0711. The Bertz CT molecular complexity index is 450. The molecule has 0 aliphatic carbocycles. The predicted molar refractivity (Wildman–Crippen MR) is 74.0 cm³/mol. The van der Waals surface area contributed by atoms with Gasteiger partial charge in [0, 0.05) is 31.1 Å². The Labute approximate surface area is 116 Å². The lowest BCUT2D eigenvalue weighted by Crippen LogP contribution is -2.50. The van der Waals surface area contributed by atoms with E-state index in [1.165, 1.54) is 19.4 Å². The molecular formula is C12H16ClN3OS. The Hall–Kier alpha value is -0.650. The lowest BCUT2D eigenvalue weighted by atomic mass is 10.2. The van der Waals surface area contributed by atoms with Crippen molar-refractivity contribution in [2.75, 3.05) is 37.0 Å². The Morgan fingerprint density at radius 3 is 3.22 bits per heavy atom. The van der Waals surface area contributed by atoms with Gasteiger partial charge in [-0.25, -0.2) is 4.98 Å². The van der Waals surface area contributed by atoms with Crippen molar-refractivity contribution < 1.29 is 4.79 Å². The van der Waals surface area contributed by atoms with Gasteiger partial charge in [0.05, 0.1) is 5.88 Å². The molecule has 6 heteroatoms. The van der Waals surface area contributed by atoms with Crippen LogP contribution in [0.1, 0.15) is 23.3 Å². The summed E-state index contributed by atoms with van der Waals surface area (Å²) in [5, 5.41) is 2.79. The summed E-state index contributed by atoms with van der Waals surface area (Å²) < 4.78 is 0. The summed E-state index contributed by atoms with van der Waals surface area (Å²) >= 11 is 7.10. The van der Waals surface area contributed by atoms with Crippen LogP contribution < -0.4 is 4.90 Å². The highest BCUT2D eigenvalue weighted by molar-refractivity contribution is 7.14. The van der Waals surface area contributed by atoms with Crippen LogP contribution in [0, 0.1) is 0 Å². The predicted octanol–water partition coefficient (Wildman–Crippen LogP) is 1.85. The van der Waals surface area contributed by atoms with Crippen molar-refractivity contribution in [3.05, 3.63) is 11.1 Å². The van der Waals surface area contributed by atoms with Gasteiger partial charge in [0.1, 0.15) is 5.69 Å². The van der Waals surface area contributed by atoms with Gasteiger partial charge in [-0.3, -0.25) is 9.69 Å². The quantitative estimate of drug-likeness (QED) is 0.627. The maximum absolute atomic E-state index is 11.5. The number of carbonyl (C=O) groups excluding carboxylic acids is 1. The molecule has 2 fully saturated rings. The summed E-state index contributed by atoms with van der Waals surface area (Å²) in [7, 11) is 0. The molecule has 0 aromatic carbocycles. The highest BCUT2D eigenvalue weighted by Crippen LogP contribution is 2.27. The van der Waals surface area contributed by atoms with Crippen LogP contribution in [0.4, 0.5) is 5.13 Å². The zero-order chi connectivity index (χ0) is 12.5. The number of ketones is 1. The third-order valence-electron chi connectivity index (χ3n) is 3.76. The summed E-state index contributed by atoms with van der Waals surface area (Å²) in [6, 6.07) is 0.676. The molecular weight excluding hydrogens is 270 g/mol. The fourth-order valence-corrected chi connectivity index (χ4v) is 3.77. The first kappa shape index (κ1) is 12.4. The van der Waals surface area contributed by atoms with E-state index in [2.05, 4.69) is 14.8 Å². The van der Waals surface area contributed by atoms with E-state index in [1.807, 2.05) is 5.38 Å². The van der Waals surface area contributed by atoms with Crippen molar-refractivity contribution in [2.45, 2.75) is 18.9 Å². The average molecular weight is 286 g/mol. The number of fused-ring (bicyclic) bond motifs is 1. The largest absolute Gasteiger partial charge is 0.345 e. The highest BCUT2D eigenvalue weighted by Gasteiger charge is 2.31. The first-order chi connectivity index (χ1) is 8.78. The van der Waals surface area contributed by atoms with Crippen LogP contribution in [-0.4, -0.2) is 53.8 Å². The van der Waals surface area contributed by atoms with E-state index in [0.717, 1.165) is 24.8 Å². The first-order valence-electron chi connectivity index (χ1n) is 6.31. The smallest absolute Gasteiger partial charge is 0.196 e. The number of carbonyl (C=O) groups is 1. The second-order valence-electron chi connectivity index (χ2n) is 4.85. The number of hydrogen-bond acceptors (Lipinski definition) is 5. The summed E-state index contributed by atoms with van der Waals surface area (Å²) in [6.07, 6.45) is 2.60. The molecule has 98 valence electrons. The molecule has 1 atom stereocenters. The maximum atomic E-state index is 11.5. The van der Waals surface area contributed by atoms with Gasteiger partial charge in [-0.2, -0.15) is 0 Å². The fraction of sp³-hybridized carbons (Fsp3) is 0.667. The van der Waals surface area contributed by atoms with Crippen LogP contribution in [0.2, 0.25) is 0 Å². The van der Waals surface area contributed by atoms with Crippen LogP contribution in [0.3, 0.4) is 0 Å². The molecule has 0 N–H and O–H groups in total. The normalized spacial score (nSPS) is 24.3. The molecule has 0 saturated carbocycles. The Kier molecular flexibility index (Phi) is 3.54. The van der Waals surface area contributed by atoms with Crippen LogP contribution in [0.5, 0.6) is 0 Å². The lowest BCUT2D eigenvalue weighted by Gasteiger charge is -2.37. The van der Waals surface area contributed by atoms with Gasteiger partial charge >= 0.3 is 0 Å². The molecule has 1 aromatic heterocycles. The van der Waals surface area contributed by atoms with Crippen LogP contribution in [0.25, 0.3) is 0 Å². The molecule has 3 rings (SSSR count). The summed E-state index contributed by atoms with van der Waals surface area (Å²) in [5.41, 5.74) is 0.513. The number of anilines is 1. The number of nitrogens with zero attached hydrogens (tertiary/aromatic N) is 3. The minimum absolute atomic E-state index is 0.0135. The van der Waals surface area contributed by atoms with E-state index in [-0.39, 0.29) is 11.7 Å². The molecule has 1 unspecified atom stereocenters. The average Bonchev–Trinajstić information content (AvgIpc) is 3.05. The molecule has 0 radical (unpaired) electrons. The minimum atomic E-state index is -0.0846. The minimum Gasteiger partial charge on any atom is -0.345 e. The SMILES string of the molecule is O=C(CCl)c1csc(N2CCN3CCCC3C2)n1. The van der Waals surface area contributed by atoms with Gasteiger partial charge in [-0.05, 0) is 19.4 Å². The van der Waals surface area contributed by atoms with Crippen molar-refractivity contribution in [3.8, 4) is 0 Å². The number of rotatable bonds is 3. The number of Topliss-reactive ketones (excluding diaryl/α,β-unsaturated/α-hetero) is 1. The van der Waals surface area contributed by atoms with Crippen LogP contribution in [0.15, 0.2) is 5.38 Å². The van der Waals surface area contributed by atoms with E-state index in [4.69, 9.17) is 11.6 Å². The van der Waals surface area contributed by atoms with Crippen molar-refractivity contribution in [1.82, 2.24) is 9.88 Å². The monoisotopic (exact) mass is 285 g/mol. The molecule has 2 aliphatic rings. The van der Waals surface area contributed by atoms with Gasteiger partial charge < -0.3 is 4.90 Å². The van der Waals surface area contributed by atoms with Crippen molar-refractivity contribution in [3.63, 3.8) is 0 Å². The van der Waals surface area contributed by atoms with Gasteiger partial charge in [0.2, 0.25) is 0 Å². The molecule has 2 saturated heterocycles. The van der Waals surface area contributed by atoms with Gasteiger partial charge in [0.15, 0.2) is 10.9 Å². The fourth-order valence-electron chi connectivity index (χ4n) is 2.77. The van der Waals surface area contributed by atoms with Crippen LogP contribution >= 0.6 is 22.9 Å². The highest BCUT2D eigenvalue weighted by atomic mass is 35.5. The molecule has 2 aliphatic heterocycles. The van der Waals surface area contributed by atoms with Gasteiger partial charge in [-0.1, -0.05) is 0 Å². The van der Waals surface area contributed by atoms with E-state index in [1.54, 1.807) is 11.3 Å². The van der Waals surface area contributed by atoms with E-state index < -0.39 is 0 Å². The maximum Gasteiger partial charge on any atom is 0.196 e. The Morgan fingerprint density at radius 1 is 1.50 bits per heavy atom. The van der Waals surface area contributed by atoms with E-state index >= 15 is 0 Å². The number of piperazine rings is 1. The zero-order valence-corrected chi connectivity index (χ0v) is 11.7. The van der Waals surface area contributed by atoms with Gasteiger partial charge in [0.25, 0.3) is 0 Å². The molecule has 0 amide bonds. The Morgan fingerprint density at radius 2 is 2.39 bits per heavy atom. The zero-order valence-electron chi connectivity index (χ0n) is 10.1. The lowest BCUT2D eigenvalue weighted by molar-refractivity contribution is 0.101. The molecule has 4 nitrogen and oxygen atoms in total. The molecule has 1 aromatic rings. The van der Waals surface area contributed by atoms with E-state index in [0.29, 0.717) is 11.7 Å². The first-order valence-corrected chi connectivity index (χ1v) is 7.73. The van der Waals surface area contributed by atoms with Crippen molar-refractivity contribution in [2.24, 2.45) is 0 Å². The third-order valence-corrected chi connectivity index (χ3v) is 4.90. The number of aromatic nitrogens is 1. The number of hydrogen-bond donors (Lipinski definition) is 0. The molecule has 0 spiro atoms. The number of halogens is 1. The summed E-state index contributed by atoms with van der Waals surface area (Å²) in [6.45, 7) is 4.41. The van der Waals surface area contributed by atoms with Crippen molar-refractivity contribution >= 4 is 33.9 Å². The third kappa shape index (κ3) is 2.27. The molecule has 3 heterocycles. The topological polar surface area (TPSA) is 36.4 Å². The van der Waals surface area contributed by atoms with Gasteiger partial charge in [-0.15, -0.1) is 22.9 Å². The van der Waals surface area contributed by atoms with E-state index in [9.17, 15) is 4.79 Å². The molecule has 0 bridgehead atoms. The Balaban J connectivity index is 1.71. The van der Waals surface area contributed by atoms with Crippen molar-refractivity contribution in [1.29, 1.82) is 0 Å². The second-order valence-corrected chi connectivity index (χ2v) is 5.95.